The topological polar surface area (TPSA) is 147 Å². The maximum absolute atomic E-state index is 5.33. The minimum Gasteiger partial charge on any atom is -0.381 e. The molecule has 11 saturated heterocycles. The highest BCUT2D eigenvalue weighted by molar-refractivity contribution is 5.01. The number of likely N-dealkylation sites (tertiary alicyclic amines) is 8. The predicted octanol–water partition coefficient (Wildman–Crippen LogP) is 17.9. The Morgan fingerprint density at radius 3 is 0.589 bits per heavy atom. The summed E-state index contributed by atoms with van der Waals surface area (Å²) < 4.78 is 58.4. The molecule has 22 aliphatic rings. The third-order valence-corrected chi connectivity index (χ3v) is 40.4. The van der Waals surface area contributed by atoms with Crippen LogP contribution in [0.5, 0.6) is 0 Å². The molecule has 0 N–H and O–H groups in total. The van der Waals surface area contributed by atoms with Gasteiger partial charge in [0.2, 0.25) is 0 Å². The van der Waals surface area contributed by atoms with E-state index in [0.717, 1.165) is 84.2 Å². The Morgan fingerprint density at radius 2 is 0.370 bits per heavy atom. The first-order valence-electron chi connectivity index (χ1n) is 61.2. The fourth-order valence-electron chi connectivity index (χ4n) is 27.7. The van der Waals surface area contributed by atoms with Crippen molar-refractivity contribution in [3.8, 4) is 0 Å². The number of likely N-dealkylation sites (N-methyl/N-ethyl adjacent to an activating group) is 3. The van der Waals surface area contributed by atoms with Crippen LogP contribution in [0.3, 0.4) is 0 Å². The minimum absolute atomic E-state index is 0.537. The van der Waals surface area contributed by atoms with E-state index in [1.165, 1.54) is 427 Å². The number of piperazine rings is 3. The van der Waals surface area contributed by atoms with Gasteiger partial charge >= 0.3 is 0 Å². The molecule has 0 amide bonds. The van der Waals surface area contributed by atoms with Gasteiger partial charge in [0.15, 0.2) is 0 Å². The lowest BCUT2D eigenvalue weighted by Gasteiger charge is -2.48. The molecule has 25 nitrogen and oxygen atoms in total. The average Bonchev–Trinajstić information content (AvgIpc) is 0.806. The molecule has 0 aromatic rings. The number of rotatable bonds is 22. The van der Waals surface area contributed by atoms with Crippen LogP contribution in [-0.2, 0) is 52.1 Å². The summed E-state index contributed by atoms with van der Waals surface area (Å²) in [6.07, 6.45) is 59.1. The molecule has 11 aliphatic carbocycles. The van der Waals surface area contributed by atoms with Gasteiger partial charge in [0.05, 0.1) is 67.1 Å². The molecule has 146 heavy (non-hydrogen) atoms. The minimum atomic E-state index is 0.537. The van der Waals surface area contributed by atoms with Crippen molar-refractivity contribution in [2.45, 2.75) is 479 Å². The zero-order valence-corrected chi connectivity index (χ0v) is 99.5. The van der Waals surface area contributed by atoms with Crippen molar-refractivity contribution >= 4 is 0 Å². The van der Waals surface area contributed by atoms with Gasteiger partial charge in [-0.1, -0.05) is 75.2 Å². The van der Waals surface area contributed by atoms with E-state index in [1.54, 1.807) is 0 Å². The molecule has 22 fully saturated rings. The van der Waals surface area contributed by atoms with E-state index in [-0.39, 0.29) is 0 Å². The first-order chi connectivity index (χ1) is 70.2. The van der Waals surface area contributed by atoms with Crippen LogP contribution in [0.2, 0.25) is 0 Å². The lowest BCUT2D eigenvalue weighted by atomic mass is 9.80. The van der Waals surface area contributed by atoms with E-state index in [9.17, 15) is 0 Å². The molecule has 0 aromatic heterocycles. The molecule has 11 aliphatic heterocycles. The van der Waals surface area contributed by atoms with Crippen molar-refractivity contribution in [1.29, 1.82) is 0 Å². The predicted molar refractivity (Wildman–Crippen MR) is 603 cm³/mol. The maximum atomic E-state index is 5.33. The second kappa shape index (κ2) is 62.5. The quantitative estimate of drug-likeness (QED) is 0.101. The third-order valence-electron chi connectivity index (χ3n) is 40.4. The smallest absolute Gasteiger partial charge is 0.0601 e. The number of methoxy groups -OCH3 is 11. The van der Waals surface area contributed by atoms with Crippen LogP contribution in [0.15, 0.2) is 0 Å². The third kappa shape index (κ3) is 39.3. The van der Waals surface area contributed by atoms with E-state index in [0.29, 0.717) is 95.5 Å². The van der Waals surface area contributed by atoms with Crippen molar-refractivity contribution in [1.82, 2.24) is 68.6 Å². The molecular formula is C121H234N14O11. The van der Waals surface area contributed by atoms with Crippen LogP contribution in [0.25, 0.3) is 0 Å². The number of hydrogen-bond donors (Lipinski definition) is 0. The Hall–Kier alpha value is -1.00. The summed E-state index contributed by atoms with van der Waals surface area (Å²) >= 11 is 0. The van der Waals surface area contributed by atoms with Crippen molar-refractivity contribution in [3.05, 3.63) is 0 Å². The van der Waals surface area contributed by atoms with E-state index < -0.39 is 0 Å². The summed E-state index contributed by atoms with van der Waals surface area (Å²) in [7, 11) is 26.8. The maximum Gasteiger partial charge on any atom is 0.0601 e. The van der Waals surface area contributed by atoms with Gasteiger partial charge in [-0.2, -0.15) is 0 Å². The summed E-state index contributed by atoms with van der Waals surface area (Å²) in [4.78, 5) is 36.5. The first-order valence-corrected chi connectivity index (χ1v) is 61.2. The Balaban J connectivity index is 0.000000143. The van der Waals surface area contributed by atoms with E-state index in [4.69, 9.17) is 52.1 Å². The van der Waals surface area contributed by atoms with E-state index in [2.05, 4.69) is 166 Å². The number of hydrogen-bond acceptors (Lipinski definition) is 25. The highest BCUT2D eigenvalue weighted by atomic mass is 16.5. The summed E-state index contributed by atoms with van der Waals surface area (Å²) in [5.74, 6) is 2.78. The molecule has 4 atom stereocenters. The fraction of sp³-hybridized carbons (Fsp3) is 1.00. The zero-order valence-electron chi connectivity index (χ0n) is 99.5. The molecule has 22 rings (SSSR count). The van der Waals surface area contributed by atoms with Crippen LogP contribution in [0.1, 0.15) is 333 Å². The standard InChI is InChI=1S/3C12H23NO.2C11H22N2O.3C11H21NO.C10H20N2O.2C10H19NO/c3*1-12(2)5-4-6-13(9-12)10-7-11(8-10)14-3;2*1-9-8-13(5-4-12(9)2)10-6-11(7-10)14-3;1-9-3-5-12(6-4-9)10-7-11(8-10)13-2;2*1-9-4-3-5-12(8-9)10-6-11(7-10)13-2;1-11-3-5-12(6-4-11)9-7-10(8-9)13-2;2*1-12-10-7-9(8-10)11-5-3-2-4-6-11/h3*10-11H,4-9H2,1-3H3;2*9-11H,4-8H2,1-3H3;3*9-11H,3-8H2,1-2H3;9-10H,3-8H2,1-2H3;2*9-10H,2-8H2,1H3/t;;;2*9-,10?,11?;;2*9-,10?,11?;;;/m...10.10.../s1. The normalized spacial score (nSPS) is 39.0. The summed E-state index contributed by atoms with van der Waals surface area (Å²) in [5, 5.41) is 0. The van der Waals surface area contributed by atoms with Crippen LogP contribution < -0.4 is 0 Å². The van der Waals surface area contributed by atoms with Crippen molar-refractivity contribution in [3.63, 3.8) is 0 Å². The lowest BCUT2D eigenvalue weighted by molar-refractivity contribution is -0.0477. The molecule has 25 heteroatoms. The van der Waals surface area contributed by atoms with Gasteiger partial charge in [-0.25, -0.2) is 0 Å². The molecule has 0 spiro atoms. The van der Waals surface area contributed by atoms with Crippen LogP contribution >= 0.6 is 0 Å². The van der Waals surface area contributed by atoms with Gasteiger partial charge in [0.1, 0.15) is 0 Å². The molecule has 0 bridgehead atoms. The zero-order chi connectivity index (χ0) is 105. The highest BCUT2D eigenvalue weighted by Gasteiger charge is 2.46. The lowest BCUT2D eigenvalue weighted by Crippen LogP contribution is -2.57. The molecule has 0 aromatic carbocycles. The monoisotopic (exact) mass is 2060 g/mol. The van der Waals surface area contributed by atoms with Crippen molar-refractivity contribution in [2.75, 3.05) is 270 Å². The van der Waals surface area contributed by atoms with Gasteiger partial charge in [0.25, 0.3) is 0 Å². The molecule has 11 heterocycles. The van der Waals surface area contributed by atoms with E-state index >= 15 is 0 Å². The SMILES string of the molecule is COC1CC(N2CCC(C)CC2)C1.COC1CC(N2CCCC(C)(C)C2)C1.COC1CC(N2CCCC(C)(C)C2)C1.COC1CC(N2CCCC(C)(C)C2)C1.COC1CC(N2CCCCC2)C1.COC1CC(N2CCCCC2)C1.COC1CC(N2CCC[C@@H](C)C2)C1.COC1CC(N2CCC[C@H](C)C2)C1.COC1CC(N2CCN(C)CC2)C1.COC1CC(N2CCN(C)[C@@H](C)C2)C1.COC1CC(N2CCN(C)[C@H](C)C2)C1. The Kier molecular flexibility index (Phi) is 52.9. The van der Waals surface area contributed by atoms with Crippen molar-refractivity contribution < 1.29 is 52.1 Å². The number of nitrogens with zero attached hydrogens (tertiary/aromatic N) is 14. The van der Waals surface area contributed by atoms with Crippen LogP contribution in [0, 0.1) is 34.0 Å². The van der Waals surface area contributed by atoms with Gasteiger partial charge in [0, 0.05) is 255 Å². The molecule has 854 valence electrons. The van der Waals surface area contributed by atoms with Crippen molar-refractivity contribution in [2.24, 2.45) is 34.0 Å². The fourth-order valence-corrected chi connectivity index (χ4v) is 27.7. The molecular weight excluding hydrogens is 1830 g/mol. The van der Waals surface area contributed by atoms with Crippen LogP contribution in [0.4, 0.5) is 0 Å². The summed E-state index contributed by atoms with van der Waals surface area (Å²) in [5.41, 5.74) is 1.61. The largest absolute Gasteiger partial charge is 0.381 e. The Morgan fingerprint density at radius 1 is 0.178 bits per heavy atom. The Labute approximate surface area is 897 Å². The van der Waals surface area contributed by atoms with Gasteiger partial charge in [-0.3, -0.25) is 39.2 Å². The summed E-state index contributed by atoms with van der Waals surface area (Å²) in [6.45, 7) is 59.5. The molecule has 0 unspecified atom stereocenters. The first kappa shape index (κ1) is 124. The van der Waals surface area contributed by atoms with Gasteiger partial charge in [-0.15, -0.1) is 0 Å². The van der Waals surface area contributed by atoms with Gasteiger partial charge in [-0.05, 0) is 385 Å². The number of ether oxygens (including phenoxy) is 11. The van der Waals surface area contributed by atoms with Crippen LogP contribution in [-0.4, -0.2) is 484 Å². The number of piperidine rings is 8. The van der Waals surface area contributed by atoms with E-state index in [1.807, 2.05) is 78.2 Å². The second-order valence-electron chi connectivity index (χ2n) is 53.4. The Bertz CT molecular complexity index is 3150. The molecule has 11 saturated carbocycles. The average molecular weight is 2060 g/mol. The van der Waals surface area contributed by atoms with Gasteiger partial charge < -0.3 is 81.5 Å². The molecule has 0 radical (unpaired) electrons. The second-order valence-corrected chi connectivity index (χ2v) is 53.4. The highest BCUT2D eigenvalue weighted by Crippen LogP contribution is 2.43. The summed E-state index contributed by atoms with van der Waals surface area (Å²) in [6, 6.07) is 10.5.